The Morgan fingerprint density at radius 2 is 1.61 bits per heavy atom. The number of nitrogens with zero attached hydrogens (tertiary/aromatic N) is 5. The van der Waals surface area contributed by atoms with Crippen LogP contribution >= 0.6 is 0 Å². The molecule has 0 amide bonds. The summed E-state index contributed by atoms with van der Waals surface area (Å²) in [5, 5.41) is 8.94. The van der Waals surface area contributed by atoms with Gasteiger partial charge in [0.05, 0.1) is 0 Å². The number of anilines is 1. The first kappa shape index (κ1) is 23.1. The molecule has 0 atom stereocenters. The predicted octanol–water partition coefficient (Wildman–Crippen LogP) is 3.98. The average Bonchev–Trinajstić information content (AvgIpc) is 3.16. The van der Waals surface area contributed by atoms with E-state index in [1.54, 1.807) is 18.1 Å². The molecule has 2 heterocycles. The molecule has 2 rings (SSSR count). The van der Waals surface area contributed by atoms with Crippen molar-refractivity contribution in [1.29, 1.82) is 0 Å². The zero-order chi connectivity index (χ0) is 20.4. The Balaban J connectivity index is 2.56. The number of methoxy groups -OCH3 is 1. The molecule has 0 aliphatic carbocycles. The van der Waals surface area contributed by atoms with Crippen LogP contribution in [0.4, 0.5) is 5.95 Å². The third-order valence-electron chi connectivity index (χ3n) is 5.39. The van der Waals surface area contributed by atoms with Crippen molar-refractivity contribution in [3.05, 3.63) is 12.4 Å². The van der Waals surface area contributed by atoms with Crippen molar-refractivity contribution in [1.82, 2.24) is 25.0 Å². The molecule has 2 aromatic heterocycles. The molecule has 8 heteroatoms. The molecule has 0 spiro atoms. The van der Waals surface area contributed by atoms with Crippen molar-refractivity contribution >= 4 is 28.0 Å². The summed E-state index contributed by atoms with van der Waals surface area (Å²) in [6, 6.07) is 0. The fourth-order valence-electron chi connectivity index (χ4n) is 3.86. The number of nitrogens with two attached hydrogens (primary N) is 1. The molecule has 0 aromatic carbocycles. The Bertz CT molecular complexity index is 699. The van der Waals surface area contributed by atoms with Crippen molar-refractivity contribution in [2.45, 2.75) is 79.3 Å². The second-order valence-corrected chi connectivity index (χ2v) is 20.5. The van der Waals surface area contributed by atoms with Gasteiger partial charge in [0.15, 0.2) is 0 Å². The molecule has 0 fully saturated rings. The molecule has 28 heavy (non-hydrogen) atoms. The second-order valence-electron chi connectivity index (χ2n) is 7.60. The zero-order valence-corrected chi connectivity index (χ0v) is 20.8. The van der Waals surface area contributed by atoms with Crippen LogP contribution in [0.5, 0.6) is 0 Å². The van der Waals surface area contributed by atoms with E-state index in [0.717, 1.165) is 11.3 Å². The number of aromatic nitrogens is 5. The summed E-state index contributed by atoms with van der Waals surface area (Å²) in [6.45, 7) is 7.17. The summed E-state index contributed by atoms with van der Waals surface area (Å²) >= 11 is -2.78. The van der Waals surface area contributed by atoms with Crippen molar-refractivity contribution in [2.24, 2.45) is 0 Å². The zero-order valence-electron chi connectivity index (χ0n) is 17.9. The van der Waals surface area contributed by atoms with Crippen molar-refractivity contribution < 1.29 is 4.74 Å². The standard InChI is InChI=1S/C8H9N6O.3C4H9.Sn/c1-15-5-14-12-4-7(13-14)6-2-10-8(9)11-3-6;3*1-3-4-2;/h2,4H,5H2,1H3,(H2,9,10,11);3*1,3-4H2,2H3;. The van der Waals surface area contributed by atoms with Gasteiger partial charge in [-0.25, -0.2) is 0 Å². The van der Waals surface area contributed by atoms with E-state index in [0.29, 0.717) is 12.7 Å². The number of rotatable bonds is 13. The summed E-state index contributed by atoms with van der Waals surface area (Å²) in [4.78, 5) is 10.8. The van der Waals surface area contributed by atoms with Crippen LogP contribution < -0.4 is 9.44 Å². The van der Waals surface area contributed by atoms with E-state index < -0.39 is 18.4 Å². The molecule has 0 aliphatic heterocycles. The van der Waals surface area contributed by atoms with Gasteiger partial charge in [0.2, 0.25) is 0 Å². The van der Waals surface area contributed by atoms with Crippen LogP contribution in [0.15, 0.2) is 12.4 Å². The molecule has 2 N–H and O–H groups in total. The van der Waals surface area contributed by atoms with Crippen molar-refractivity contribution in [3.8, 4) is 11.3 Å². The summed E-state index contributed by atoms with van der Waals surface area (Å²) < 4.78 is 10.4. The molecule has 0 bridgehead atoms. The SMILES string of the molecule is CCC[CH2][Sn]([CH2]CCC)([CH2]CCC)[c]1nc(N)ncc1-c1cnn(COC)n1. The normalized spacial score (nSPS) is 11.9. The average molecular weight is 495 g/mol. The summed E-state index contributed by atoms with van der Waals surface area (Å²) in [5.41, 5.74) is 7.96. The van der Waals surface area contributed by atoms with Gasteiger partial charge in [-0.3, -0.25) is 0 Å². The van der Waals surface area contributed by atoms with Crippen LogP contribution in [0.3, 0.4) is 0 Å². The van der Waals surface area contributed by atoms with Gasteiger partial charge in [-0.15, -0.1) is 0 Å². The van der Waals surface area contributed by atoms with Crippen LogP contribution in [-0.4, -0.2) is 50.4 Å². The van der Waals surface area contributed by atoms with E-state index in [1.807, 2.05) is 6.20 Å². The fraction of sp³-hybridized carbons (Fsp3) is 0.700. The van der Waals surface area contributed by atoms with Gasteiger partial charge in [0.1, 0.15) is 0 Å². The molecule has 2 aromatic rings. The molecule has 0 saturated carbocycles. The summed E-state index contributed by atoms with van der Waals surface area (Å²) in [5.74, 6) is 0.383. The van der Waals surface area contributed by atoms with Gasteiger partial charge in [0.25, 0.3) is 0 Å². The van der Waals surface area contributed by atoms with Gasteiger partial charge >= 0.3 is 174 Å². The first-order valence-electron chi connectivity index (χ1n) is 10.6. The van der Waals surface area contributed by atoms with Gasteiger partial charge in [-0.1, -0.05) is 0 Å². The minimum atomic E-state index is -2.78. The number of hydrogen-bond donors (Lipinski definition) is 1. The molecule has 0 aliphatic rings. The summed E-state index contributed by atoms with van der Waals surface area (Å²) in [6.07, 6.45) is 11.1. The molecule has 7 nitrogen and oxygen atoms in total. The quantitative estimate of drug-likeness (QED) is 0.423. The number of ether oxygens (including phenoxy) is 1. The van der Waals surface area contributed by atoms with E-state index in [2.05, 4.69) is 36.0 Å². The van der Waals surface area contributed by atoms with Crippen LogP contribution in [0.2, 0.25) is 13.3 Å². The van der Waals surface area contributed by atoms with Crippen LogP contribution in [0, 0.1) is 0 Å². The molecule has 0 radical (unpaired) electrons. The Kier molecular flexibility index (Phi) is 9.64. The maximum atomic E-state index is 6.09. The molecule has 156 valence electrons. The Morgan fingerprint density at radius 3 is 2.14 bits per heavy atom. The van der Waals surface area contributed by atoms with Gasteiger partial charge < -0.3 is 0 Å². The van der Waals surface area contributed by atoms with E-state index in [4.69, 9.17) is 15.5 Å². The van der Waals surface area contributed by atoms with Crippen LogP contribution in [0.25, 0.3) is 11.3 Å². The molecular weight excluding hydrogens is 459 g/mol. The first-order chi connectivity index (χ1) is 13.6. The van der Waals surface area contributed by atoms with Crippen molar-refractivity contribution in [3.63, 3.8) is 0 Å². The predicted molar refractivity (Wildman–Crippen MR) is 117 cm³/mol. The van der Waals surface area contributed by atoms with Crippen molar-refractivity contribution in [2.75, 3.05) is 12.8 Å². The topological polar surface area (TPSA) is 91.7 Å². The first-order valence-corrected chi connectivity index (χ1v) is 18.1. The number of nitrogen functional groups attached to an aromatic ring is 1. The van der Waals surface area contributed by atoms with E-state index in [9.17, 15) is 0 Å². The third kappa shape index (κ3) is 5.89. The minimum absolute atomic E-state index is 0.334. The Morgan fingerprint density at radius 1 is 1.00 bits per heavy atom. The fourth-order valence-corrected chi connectivity index (χ4v) is 20.0. The van der Waals surface area contributed by atoms with Gasteiger partial charge in [0, 0.05) is 0 Å². The summed E-state index contributed by atoms with van der Waals surface area (Å²) in [7, 11) is 1.64. The molecule has 0 saturated heterocycles. The van der Waals surface area contributed by atoms with E-state index in [1.165, 1.54) is 55.5 Å². The number of unbranched alkanes of at least 4 members (excludes halogenated alkanes) is 3. The monoisotopic (exact) mass is 496 g/mol. The third-order valence-corrected chi connectivity index (χ3v) is 20.6. The second kappa shape index (κ2) is 11.7. The van der Waals surface area contributed by atoms with Gasteiger partial charge in [-0.05, 0) is 0 Å². The Hall–Kier alpha value is -1.22. The molecule has 0 unspecified atom stereocenters. The van der Waals surface area contributed by atoms with Crippen LogP contribution in [0.1, 0.15) is 59.3 Å². The Labute approximate surface area is 173 Å². The van der Waals surface area contributed by atoms with Crippen LogP contribution in [-0.2, 0) is 11.5 Å². The molecular formula is C20H36N6OSn. The van der Waals surface area contributed by atoms with E-state index >= 15 is 0 Å². The van der Waals surface area contributed by atoms with Gasteiger partial charge in [-0.2, -0.15) is 0 Å². The maximum absolute atomic E-state index is 6.09. The van der Waals surface area contributed by atoms with E-state index in [-0.39, 0.29) is 0 Å². The number of hydrogen-bond acceptors (Lipinski definition) is 6.